The third-order valence-corrected chi connectivity index (χ3v) is 7.50. The monoisotopic (exact) mass is 686 g/mol. The summed E-state index contributed by atoms with van der Waals surface area (Å²) in [5, 5.41) is 20.8. The summed E-state index contributed by atoms with van der Waals surface area (Å²) in [5.41, 5.74) is 3.04. The highest BCUT2D eigenvalue weighted by atomic mass is 19.4. The summed E-state index contributed by atoms with van der Waals surface area (Å²) in [6.45, 7) is 3.37. The summed E-state index contributed by atoms with van der Waals surface area (Å²) in [6.07, 6.45) is -4.23. The summed E-state index contributed by atoms with van der Waals surface area (Å²) in [4.78, 5) is 35.6. The molecule has 0 aliphatic carbocycles. The fourth-order valence-corrected chi connectivity index (χ4v) is 5.22. The van der Waals surface area contributed by atoms with Crippen LogP contribution in [-0.4, -0.2) is 60.3 Å². The number of likely N-dealkylation sites (N-methyl/N-ethyl adjacent to an activating group) is 1. The minimum absolute atomic E-state index is 0.138. The Morgan fingerprint density at radius 2 is 1.72 bits per heavy atom. The predicted octanol–water partition coefficient (Wildman–Crippen LogP) is 7.13. The third kappa shape index (κ3) is 8.85. The van der Waals surface area contributed by atoms with Gasteiger partial charge in [0.25, 0.3) is 0 Å². The van der Waals surface area contributed by atoms with Crippen LogP contribution < -0.4 is 20.7 Å². The van der Waals surface area contributed by atoms with Crippen LogP contribution in [0.3, 0.4) is 0 Å². The van der Waals surface area contributed by atoms with Crippen LogP contribution in [0, 0.1) is 0 Å². The first-order chi connectivity index (χ1) is 24.1. The second kappa shape index (κ2) is 15.8. The molecule has 5 aromatic rings. The zero-order valence-electron chi connectivity index (χ0n) is 26.8. The van der Waals surface area contributed by atoms with E-state index in [1.54, 1.807) is 79.8 Å². The Kier molecular flexibility index (Phi) is 11.1. The number of phenols is 1. The van der Waals surface area contributed by atoms with E-state index in [2.05, 4.69) is 37.4 Å². The van der Waals surface area contributed by atoms with Gasteiger partial charge >= 0.3 is 12.5 Å². The van der Waals surface area contributed by atoms with Gasteiger partial charge in [-0.3, -0.25) is 19.7 Å². The summed E-state index contributed by atoms with van der Waals surface area (Å²) >= 11 is 0. The Bertz CT molecular complexity index is 1960. The van der Waals surface area contributed by atoms with Crippen molar-refractivity contribution in [3.63, 3.8) is 0 Å². The fraction of sp³-hybridized carbons (Fsp3) is 0.167. The molecule has 4 aromatic carbocycles. The first-order valence-electron chi connectivity index (χ1n) is 15.2. The number of pyridine rings is 1. The molecule has 11 nitrogen and oxygen atoms in total. The molecule has 1 atom stereocenters. The first-order valence-corrected chi connectivity index (χ1v) is 15.2. The van der Waals surface area contributed by atoms with Crippen LogP contribution in [0.15, 0.2) is 108 Å². The Hall–Kier alpha value is -6.15. The number of amides is 2. The number of fused-ring (bicyclic) bond motifs is 1. The Balaban J connectivity index is 1.52. The quantitative estimate of drug-likeness (QED) is 0.0759. The third-order valence-electron chi connectivity index (χ3n) is 7.50. The van der Waals surface area contributed by atoms with Crippen molar-refractivity contribution in [1.82, 2.24) is 15.2 Å². The predicted molar refractivity (Wildman–Crippen MR) is 184 cm³/mol. The Morgan fingerprint density at radius 3 is 2.42 bits per heavy atom. The lowest BCUT2D eigenvalue weighted by Gasteiger charge is -2.33. The second-order valence-corrected chi connectivity index (χ2v) is 10.9. The number of ether oxygens (including phenoxy) is 2. The van der Waals surface area contributed by atoms with Crippen molar-refractivity contribution in [1.29, 1.82) is 0 Å². The summed E-state index contributed by atoms with van der Waals surface area (Å²) < 4.78 is 48.8. The summed E-state index contributed by atoms with van der Waals surface area (Å²) in [6, 6.07) is 24.4. The van der Waals surface area contributed by atoms with Crippen molar-refractivity contribution in [2.45, 2.75) is 19.0 Å². The molecule has 0 aliphatic rings. The lowest BCUT2D eigenvalue weighted by molar-refractivity contribution is -0.274. The SMILES string of the molecule is C=Nc1ccccc1NCN(C(=O)OCc1ccc(NC(=O)CNC)cc1)C(c1ccc(OC(F)(F)F)cc1)c1ccc2cccnc2c1O. The average Bonchev–Trinajstić information content (AvgIpc) is 3.10. The number of anilines is 2. The molecule has 258 valence electrons. The minimum atomic E-state index is -4.91. The summed E-state index contributed by atoms with van der Waals surface area (Å²) in [7, 11) is 1.66. The molecule has 0 radical (unpaired) electrons. The minimum Gasteiger partial charge on any atom is -0.505 e. The Labute approximate surface area is 285 Å². The molecule has 0 saturated carbocycles. The van der Waals surface area contributed by atoms with Gasteiger partial charge in [-0.15, -0.1) is 13.2 Å². The molecule has 1 unspecified atom stereocenters. The number of para-hydroxylation sites is 2. The number of nitrogens with one attached hydrogen (secondary N) is 3. The van der Waals surface area contributed by atoms with Crippen LogP contribution in [0.4, 0.5) is 35.0 Å². The van der Waals surface area contributed by atoms with Gasteiger partial charge in [-0.05, 0) is 67.4 Å². The van der Waals surface area contributed by atoms with Crippen LogP contribution in [-0.2, 0) is 16.1 Å². The number of hydrogen-bond donors (Lipinski definition) is 4. The number of hydrogen-bond acceptors (Lipinski definition) is 9. The number of carbonyl (C=O) groups excluding carboxylic acids is 2. The topological polar surface area (TPSA) is 137 Å². The number of nitrogens with zero attached hydrogens (tertiary/aromatic N) is 3. The van der Waals surface area contributed by atoms with Crippen molar-refractivity contribution in [2.24, 2.45) is 4.99 Å². The zero-order chi connectivity index (χ0) is 35.7. The van der Waals surface area contributed by atoms with E-state index in [9.17, 15) is 27.9 Å². The molecule has 0 spiro atoms. The van der Waals surface area contributed by atoms with E-state index in [0.29, 0.717) is 33.6 Å². The van der Waals surface area contributed by atoms with E-state index in [-0.39, 0.29) is 42.6 Å². The van der Waals surface area contributed by atoms with Gasteiger partial charge in [0.2, 0.25) is 5.91 Å². The fourth-order valence-electron chi connectivity index (χ4n) is 5.22. The van der Waals surface area contributed by atoms with Crippen LogP contribution in [0.5, 0.6) is 11.5 Å². The number of phenolic OH excluding ortho intramolecular Hbond substituents is 1. The van der Waals surface area contributed by atoms with Crippen molar-refractivity contribution >= 4 is 46.7 Å². The highest BCUT2D eigenvalue weighted by Gasteiger charge is 2.33. The van der Waals surface area contributed by atoms with Crippen LogP contribution >= 0.6 is 0 Å². The lowest BCUT2D eigenvalue weighted by atomic mass is 9.95. The standard InChI is InChI=1S/C36H33F3N6O5/c1-40-20-31(46)44-26-14-9-23(10-15-26)21-49-35(48)45(22-43-30-8-4-3-7-29(30)41-2)33(25-11-16-27(17-12-25)50-36(37,38)39)28-18-13-24-6-5-19-42-32(24)34(28)47/h3-19,33,40,43,47H,2,20-22H2,1H3,(H,44,46). The molecule has 2 amide bonds. The average molecular weight is 687 g/mol. The van der Waals surface area contributed by atoms with Gasteiger partial charge in [-0.2, -0.15) is 0 Å². The van der Waals surface area contributed by atoms with Crippen molar-refractivity contribution in [3.8, 4) is 11.5 Å². The number of alkyl halides is 3. The van der Waals surface area contributed by atoms with E-state index >= 15 is 0 Å². The van der Waals surface area contributed by atoms with E-state index in [1.165, 1.54) is 23.2 Å². The van der Waals surface area contributed by atoms with Crippen molar-refractivity contribution < 1.29 is 37.3 Å². The zero-order valence-corrected chi connectivity index (χ0v) is 26.8. The number of rotatable bonds is 13. The van der Waals surface area contributed by atoms with Gasteiger partial charge in [-0.1, -0.05) is 54.6 Å². The van der Waals surface area contributed by atoms with Crippen LogP contribution in [0.2, 0.25) is 0 Å². The van der Waals surface area contributed by atoms with E-state index < -0.39 is 24.2 Å². The van der Waals surface area contributed by atoms with E-state index in [1.807, 2.05) is 0 Å². The van der Waals surface area contributed by atoms with Crippen molar-refractivity contribution in [2.75, 3.05) is 30.9 Å². The molecule has 1 aromatic heterocycles. The molecule has 1 heterocycles. The second-order valence-electron chi connectivity index (χ2n) is 10.9. The molecule has 0 saturated heterocycles. The number of halogens is 3. The highest BCUT2D eigenvalue weighted by Crippen LogP contribution is 2.39. The Morgan fingerprint density at radius 1 is 0.980 bits per heavy atom. The van der Waals surface area contributed by atoms with Gasteiger partial charge in [0.1, 0.15) is 23.6 Å². The maximum Gasteiger partial charge on any atom is 0.573 e. The number of aromatic nitrogens is 1. The molecule has 5 rings (SSSR count). The maximum absolute atomic E-state index is 14.1. The van der Waals surface area contributed by atoms with E-state index in [4.69, 9.17) is 4.74 Å². The number of aromatic hydroxyl groups is 1. The molecule has 4 N–H and O–H groups in total. The highest BCUT2D eigenvalue weighted by molar-refractivity contribution is 5.92. The van der Waals surface area contributed by atoms with Gasteiger partial charge < -0.3 is 30.5 Å². The number of aliphatic imine (C=N–C) groups is 1. The van der Waals surface area contributed by atoms with Crippen LogP contribution in [0.25, 0.3) is 10.9 Å². The summed E-state index contributed by atoms with van der Waals surface area (Å²) in [5.74, 6) is -0.918. The van der Waals surface area contributed by atoms with Crippen molar-refractivity contribution in [3.05, 3.63) is 120 Å². The molecule has 0 aliphatic heterocycles. The normalized spacial score (nSPS) is 11.8. The van der Waals surface area contributed by atoms with Gasteiger partial charge in [0, 0.05) is 22.8 Å². The van der Waals surface area contributed by atoms with Crippen LogP contribution in [0.1, 0.15) is 22.7 Å². The molecule has 0 bridgehead atoms. The maximum atomic E-state index is 14.1. The van der Waals surface area contributed by atoms with Gasteiger partial charge in [-0.25, -0.2) is 4.79 Å². The molecule has 0 fully saturated rings. The van der Waals surface area contributed by atoms with Gasteiger partial charge in [0.05, 0.1) is 30.6 Å². The molecular formula is C36H33F3N6O5. The first kappa shape index (κ1) is 35.2. The molecule has 50 heavy (non-hydrogen) atoms. The van der Waals surface area contributed by atoms with E-state index in [0.717, 1.165) is 12.1 Å². The molecular weight excluding hydrogens is 653 g/mol. The molecule has 14 heteroatoms. The smallest absolute Gasteiger partial charge is 0.505 e. The largest absolute Gasteiger partial charge is 0.573 e. The number of carbonyl (C=O) groups is 2. The van der Waals surface area contributed by atoms with Gasteiger partial charge in [0.15, 0.2) is 0 Å². The number of benzene rings is 4. The lowest BCUT2D eigenvalue weighted by Crippen LogP contribution is -2.39.